The van der Waals surface area contributed by atoms with Gasteiger partial charge in [0.2, 0.25) is 0 Å². The van der Waals surface area contributed by atoms with Crippen LogP contribution in [-0.4, -0.2) is 37.2 Å². The van der Waals surface area contributed by atoms with E-state index in [9.17, 15) is 14.4 Å². The van der Waals surface area contributed by atoms with Gasteiger partial charge in [0.25, 0.3) is 0 Å². The summed E-state index contributed by atoms with van der Waals surface area (Å²) in [5, 5.41) is 0. The molecule has 0 rings (SSSR count). The first-order valence-electron chi connectivity index (χ1n) is 27.4. The molecule has 0 spiro atoms. The smallest absolute Gasteiger partial charge is 0.306 e. The van der Waals surface area contributed by atoms with Crippen molar-refractivity contribution in [2.45, 2.75) is 271 Å². The molecule has 0 aliphatic heterocycles. The fraction of sp³-hybridized carbons (Fsp3) is 0.746. The van der Waals surface area contributed by atoms with Crippen molar-refractivity contribution >= 4 is 17.9 Å². The van der Waals surface area contributed by atoms with Gasteiger partial charge in [0.05, 0.1) is 0 Å². The third-order valence-corrected chi connectivity index (χ3v) is 11.7. The van der Waals surface area contributed by atoms with Crippen molar-refractivity contribution in [3.63, 3.8) is 0 Å². The maximum absolute atomic E-state index is 12.8. The fourth-order valence-electron chi connectivity index (χ4n) is 7.54. The Morgan fingerprint density at radius 3 is 0.985 bits per heavy atom. The van der Waals surface area contributed by atoms with E-state index in [2.05, 4.69) is 93.7 Å². The Bertz CT molecular complexity index is 1230. The molecule has 1 atom stereocenters. The molecule has 0 amide bonds. The average molecular weight is 907 g/mol. The standard InChI is InChI=1S/C59H102O6/c1-4-7-10-13-16-19-22-25-28-29-32-34-37-40-43-46-49-52-58(61)64-55-56(65-59(62)53-50-47-44-41-38-35-31-27-24-21-18-15-12-9-6-3)54-63-57(60)51-48-45-42-39-36-33-30-26-23-20-17-14-11-8-5-2/h9,12,16,18-19,21,25-28,30-31,56H,4-8,10-11,13-15,17,20,22-24,29,32-55H2,1-3H3/b12-9-,19-16-,21-18-,28-25-,30-26-,31-27-/t56-/m0/s1. The third-order valence-electron chi connectivity index (χ3n) is 11.7. The van der Waals surface area contributed by atoms with Crippen LogP contribution in [0.3, 0.4) is 0 Å². The van der Waals surface area contributed by atoms with Gasteiger partial charge in [0.15, 0.2) is 6.10 Å². The fourth-order valence-corrected chi connectivity index (χ4v) is 7.54. The zero-order valence-electron chi connectivity index (χ0n) is 42.7. The number of esters is 3. The van der Waals surface area contributed by atoms with Gasteiger partial charge in [-0.1, -0.05) is 209 Å². The topological polar surface area (TPSA) is 78.9 Å². The van der Waals surface area contributed by atoms with E-state index in [0.717, 1.165) is 116 Å². The summed E-state index contributed by atoms with van der Waals surface area (Å²) in [6.07, 6.45) is 67.4. The molecule has 0 aromatic rings. The Kier molecular flexibility index (Phi) is 50.9. The number of hydrogen-bond donors (Lipinski definition) is 0. The molecule has 0 aliphatic rings. The molecule has 0 fully saturated rings. The number of ether oxygens (including phenoxy) is 3. The van der Waals surface area contributed by atoms with Gasteiger partial charge >= 0.3 is 17.9 Å². The largest absolute Gasteiger partial charge is 0.462 e. The summed E-state index contributed by atoms with van der Waals surface area (Å²) in [6.45, 7) is 6.48. The number of rotatable bonds is 49. The Morgan fingerprint density at radius 2 is 0.600 bits per heavy atom. The molecule has 0 aliphatic carbocycles. The molecular weight excluding hydrogens is 805 g/mol. The van der Waals surface area contributed by atoms with Crippen LogP contribution in [0.25, 0.3) is 0 Å². The summed E-state index contributed by atoms with van der Waals surface area (Å²) in [7, 11) is 0. The lowest BCUT2D eigenvalue weighted by atomic mass is 10.1. The summed E-state index contributed by atoms with van der Waals surface area (Å²) in [6, 6.07) is 0. The van der Waals surface area contributed by atoms with E-state index in [-0.39, 0.29) is 31.1 Å². The monoisotopic (exact) mass is 907 g/mol. The molecule has 374 valence electrons. The SMILES string of the molecule is CC/C=C\C/C=C\C/C=C\CCCCCCCC(=O)O[C@@H](COC(=O)CCCCCCC/C=C\CCCCCCCC)COC(=O)CCCCCCCCC/C=C\C/C=C\CCCCC. The van der Waals surface area contributed by atoms with Gasteiger partial charge in [0.1, 0.15) is 13.2 Å². The Labute approximate surface area is 402 Å². The molecule has 6 nitrogen and oxygen atoms in total. The van der Waals surface area contributed by atoms with Gasteiger partial charge in [-0.05, 0) is 109 Å². The minimum Gasteiger partial charge on any atom is -0.462 e. The van der Waals surface area contributed by atoms with Crippen LogP contribution in [-0.2, 0) is 28.6 Å². The normalized spacial score (nSPS) is 12.6. The van der Waals surface area contributed by atoms with Gasteiger partial charge in [-0.3, -0.25) is 14.4 Å². The van der Waals surface area contributed by atoms with Crippen LogP contribution in [0.4, 0.5) is 0 Å². The van der Waals surface area contributed by atoms with Crippen molar-refractivity contribution in [1.29, 1.82) is 0 Å². The van der Waals surface area contributed by atoms with Gasteiger partial charge in [-0.15, -0.1) is 0 Å². The second-order valence-electron chi connectivity index (χ2n) is 18.1. The minimum absolute atomic E-state index is 0.0891. The number of allylic oxidation sites excluding steroid dienone is 12. The van der Waals surface area contributed by atoms with E-state index in [1.807, 2.05) is 0 Å². The predicted octanol–water partition coefficient (Wildman–Crippen LogP) is 18.2. The highest BCUT2D eigenvalue weighted by Crippen LogP contribution is 2.14. The highest BCUT2D eigenvalue weighted by molar-refractivity contribution is 5.71. The number of unbranched alkanes of at least 4 members (excludes halogenated alkanes) is 26. The minimum atomic E-state index is -0.791. The summed E-state index contributed by atoms with van der Waals surface area (Å²) in [5.74, 6) is -0.917. The second kappa shape index (κ2) is 53.5. The van der Waals surface area contributed by atoms with Crippen LogP contribution in [0.5, 0.6) is 0 Å². The lowest BCUT2D eigenvalue weighted by Crippen LogP contribution is -2.30. The number of hydrogen-bond acceptors (Lipinski definition) is 6. The maximum atomic E-state index is 12.8. The third kappa shape index (κ3) is 51.7. The first-order valence-corrected chi connectivity index (χ1v) is 27.4. The molecule has 0 aromatic heterocycles. The van der Waals surface area contributed by atoms with Crippen LogP contribution in [0.2, 0.25) is 0 Å². The highest BCUT2D eigenvalue weighted by Gasteiger charge is 2.19. The average Bonchev–Trinajstić information content (AvgIpc) is 3.30. The van der Waals surface area contributed by atoms with E-state index >= 15 is 0 Å². The van der Waals surface area contributed by atoms with E-state index < -0.39 is 6.10 Å². The molecule has 0 bridgehead atoms. The van der Waals surface area contributed by atoms with E-state index in [4.69, 9.17) is 14.2 Å². The second-order valence-corrected chi connectivity index (χ2v) is 18.1. The van der Waals surface area contributed by atoms with Crippen LogP contribution >= 0.6 is 0 Å². The van der Waals surface area contributed by atoms with Crippen molar-refractivity contribution in [2.75, 3.05) is 13.2 Å². The summed E-state index contributed by atoms with van der Waals surface area (Å²) < 4.78 is 16.8. The molecule has 0 heterocycles. The van der Waals surface area contributed by atoms with Crippen molar-refractivity contribution in [3.8, 4) is 0 Å². The van der Waals surface area contributed by atoms with Gasteiger partial charge in [0, 0.05) is 19.3 Å². The molecule has 0 unspecified atom stereocenters. The van der Waals surface area contributed by atoms with Crippen LogP contribution in [0.1, 0.15) is 265 Å². The molecule has 6 heteroatoms. The molecule has 0 aromatic carbocycles. The summed E-state index contributed by atoms with van der Waals surface area (Å²) in [5.41, 5.74) is 0. The number of carbonyl (C=O) groups is 3. The zero-order chi connectivity index (χ0) is 47.2. The van der Waals surface area contributed by atoms with Gasteiger partial charge < -0.3 is 14.2 Å². The molecule has 0 saturated heterocycles. The van der Waals surface area contributed by atoms with Crippen LogP contribution in [0.15, 0.2) is 72.9 Å². The van der Waals surface area contributed by atoms with Crippen LogP contribution < -0.4 is 0 Å². The molecule has 0 saturated carbocycles. The van der Waals surface area contributed by atoms with E-state index in [0.29, 0.717) is 19.3 Å². The maximum Gasteiger partial charge on any atom is 0.306 e. The molecule has 0 radical (unpaired) electrons. The molecule has 0 N–H and O–H groups in total. The summed E-state index contributed by atoms with van der Waals surface area (Å²) in [4.78, 5) is 38.1. The van der Waals surface area contributed by atoms with Crippen molar-refractivity contribution in [2.24, 2.45) is 0 Å². The van der Waals surface area contributed by atoms with Crippen molar-refractivity contribution in [3.05, 3.63) is 72.9 Å². The van der Waals surface area contributed by atoms with Crippen molar-refractivity contribution < 1.29 is 28.6 Å². The van der Waals surface area contributed by atoms with E-state index in [1.54, 1.807) is 0 Å². The Morgan fingerprint density at radius 1 is 0.323 bits per heavy atom. The van der Waals surface area contributed by atoms with E-state index in [1.165, 1.54) is 109 Å². The first-order chi connectivity index (χ1) is 32.0. The Balaban J connectivity index is 4.43. The van der Waals surface area contributed by atoms with Crippen molar-refractivity contribution in [1.82, 2.24) is 0 Å². The highest BCUT2D eigenvalue weighted by atomic mass is 16.6. The van der Waals surface area contributed by atoms with Crippen LogP contribution in [0, 0.1) is 0 Å². The van der Waals surface area contributed by atoms with Gasteiger partial charge in [-0.25, -0.2) is 0 Å². The summed E-state index contributed by atoms with van der Waals surface area (Å²) >= 11 is 0. The molecule has 65 heavy (non-hydrogen) atoms. The number of carbonyl (C=O) groups excluding carboxylic acids is 3. The first kappa shape index (κ1) is 61.9. The Hall–Kier alpha value is -3.15. The quantitative estimate of drug-likeness (QED) is 0.0262. The predicted molar refractivity (Wildman–Crippen MR) is 279 cm³/mol. The van der Waals surface area contributed by atoms with Gasteiger partial charge in [-0.2, -0.15) is 0 Å². The molecular formula is C59H102O6. The lowest BCUT2D eigenvalue weighted by molar-refractivity contribution is -0.167. The lowest BCUT2D eigenvalue weighted by Gasteiger charge is -2.18. The zero-order valence-corrected chi connectivity index (χ0v) is 42.7.